The van der Waals surface area contributed by atoms with Crippen LogP contribution in [0.1, 0.15) is 22.5 Å². The average Bonchev–Trinajstić information content (AvgIpc) is 2.83. The molecule has 0 aromatic carbocycles. The number of pyridine rings is 1. The lowest BCUT2D eigenvalue weighted by Gasteiger charge is -2.17. The van der Waals surface area contributed by atoms with Gasteiger partial charge in [0.05, 0.1) is 19.4 Å². The van der Waals surface area contributed by atoms with E-state index in [0.29, 0.717) is 24.5 Å². The van der Waals surface area contributed by atoms with Crippen molar-refractivity contribution in [3.8, 4) is 5.75 Å². The molecule has 6 nitrogen and oxygen atoms in total. The van der Waals surface area contributed by atoms with Gasteiger partial charge in [0.2, 0.25) is 0 Å². The predicted octanol–water partition coefficient (Wildman–Crippen LogP) is 0.0164. The van der Waals surface area contributed by atoms with Gasteiger partial charge in [-0.1, -0.05) is 0 Å². The Morgan fingerprint density at radius 1 is 1.68 bits per heavy atom. The zero-order chi connectivity index (χ0) is 13.8. The fraction of sp³-hybridized carbons (Fsp3) is 0.538. The van der Waals surface area contributed by atoms with Gasteiger partial charge in [-0.3, -0.25) is 9.69 Å². The van der Waals surface area contributed by atoms with Crippen molar-refractivity contribution in [2.75, 3.05) is 27.2 Å². The van der Waals surface area contributed by atoms with E-state index in [2.05, 4.69) is 15.2 Å². The summed E-state index contributed by atoms with van der Waals surface area (Å²) >= 11 is 0. The number of nitrogens with zero attached hydrogens (tertiary/aromatic N) is 2. The number of ether oxygens (including phenoxy) is 1. The molecule has 1 aliphatic heterocycles. The van der Waals surface area contributed by atoms with Crippen LogP contribution in [0.15, 0.2) is 12.3 Å². The lowest BCUT2D eigenvalue weighted by atomic mass is 10.2. The van der Waals surface area contributed by atoms with Gasteiger partial charge < -0.3 is 15.2 Å². The van der Waals surface area contributed by atoms with Crippen molar-refractivity contribution in [1.82, 2.24) is 15.2 Å². The van der Waals surface area contributed by atoms with Crippen molar-refractivity contribution in [2.45, 2.75) is 19.1 Å². The van der Waals surface area contributed by atoms with Crippen molar-refractivity contribution < 1.29 is 14.6 Å². The molecule has 0 saturated carbocycles. The Bertz CT molecular complexity index is 464. The molecule has 1 fully saturated rings. The maximum Gasteiger partial charge on any atom is 0.269 e. The van der Waals surface area contributed by atoms with Gasteiger partial charge in [0, 0.05) is 32.2 Å². The predicted molar refractivity (Wildman–Crippen MR) is 70.1 cm³/mol. The Kier molecular flexibility index (Phi) is 4.34. The van der Waals surface area contributed by atoms with E-state index in [1.54, 1.807) is 26.4 Å². The molecule has 0 aliphatic carbocycles. The fourth-order valence-electron chi connectivity index (χ4n) is 2.24. The lowest BCUT2D eigenvalue weighted by molar-refractivity contribution is 0.0957. The first kappa shape index (κ1) is 13.8. The van der Waals surface area contributed by atoms with Crippen LogP contribution < -0.4 is 10.1 Å². The second kappa shape index (κ2) is 5.99. The number of aliphatic hydroxyl groups excluding tert-OH is 1. The number of aliphatic hydroxyl groups is 1. The van der Waals surface area contributed by atoms with Gasteiger partial charge in [-0.15, -0.1) is 0 Å². The highest BCUT2D eigenvalue weighted by molar-refractivity contribution is 5.92. The van der Waals surface area contributed by atoms with E-state index in [1.165, 1.54) is 0 Å². The summed E-state index contributed by atoms with van der Waals surface area (Å²) in [5.41, 5.74) is 1.28. The van der Waals surface area contributed by atoms with Crippen molar-refractivity contribution in [3.63, 3.8) is 0 Å². The molecule has 2 rings (SSSR count). The summed E-state index contributed by atoms with van der Waals surface area (Å²) in [5, 5.41) is 12.1. The third-order valence-electron chi connectivity index (χ3n) is 3.27. The largest absolute Gasteiger partial charge is 0.495 e. The SMILES string of the molecule is CNC(=O)c1cc(CN2CCC(O)C2)c(OC)cn1. The molecule has 1 aliphatic rings. The number of rotatable bonds is 4. The summed E-state index contributed by atoms with van der Waals surface area (Å²) in [6, 6.07) is 1.74. The van der Waals surface area contributed by atoms with Gasteiger partial charge in [-0.2, -0.15) is 0 Å². The van der Waals surface area contributed by atoms with E-state index in [0.717, 1.165) is 18.5 Å². The van der Waals surface area contributed by atoms with E-state index >= 15 is 0 Å². The summed E-state index contributed by atoms with van der Waals surface area (Å²) in [5.74, 6) is 0.444. The van der Waals surface area contributed by atoms with Gasteiger partial charge in [0.25, 0.3) is 5.91 Å². The monoisotopic (exact) mass is 265 g/mol. The third-order valence-corrected chi connectivity index (χ3v) is 3.27. The van der Waals surface area contributed by atoms with Crippen LogP contribution in [0.5, 0.6) is 5.75 Å². The van der Waals surface area contributed by atoms with Crippen LogP contribution >= 0.6 is 0 Å². The van der Waals surface area contributed by atoms with Crippen LogP contribution in [0.3, 0.4) is 0 Å². The van der Waals surface area contributed by atoms with Crippen molar-refractivity contribution in [1.29, 1.82) is 0 Å². The number of aromatic nitrogens is 1. The minimum absolute atomic E-state index is 0.217. The number of carbonyl (C=O) groups is 1. The minimum atomic E-state index is -0.258. The smallest absolute Gasteiger partial charge is 0.269 e. The molecular weight excluding hydrogens is 246 g/mol. The molecule has 1 aromatic heterocycles. The third kappa shape index (κ3) is 3.21. The number of β-amino-alcohol motifs (C(OH)–C–C–N with tert-alkyl or cyclic N) is 1. The molecular formula is C13H19N3O3. The van der Waals surface area contributed by atoms with Gasteiger partial charge in [0.1, 0.15) is 11.4 Å². The molecule has 2 heterocycles. The summed E-state index contributed by atoms with van der Waals surface area (Å²) < 4.78 is 5.27. The number of hydrogen-bond acceptors (Lipinski definition) is 5. The minimum Gasteiger partial charge on any atom is -0.495 e. The van der Waals surface area contributed by atoms with Crippen LogP contribution in [-0.2, 0) is 6.54 Å². The Morgan fingerprint density at radius 3 is 3.05 bits per heavy atom. The molecule has 1 atom stereocenters. The first-order valence-corrected chi connectivity index (χ1v) is 6.29. The molecule has 104 valence electrons. The topological polar surface area (TPSA) is 74.7 Å². The van der Waals surface area contributed by atoms with Crippen LogP contribution in [0.4, 0.5) is 0 Å². The van der Waals surface area contributed by atoms with Gasteiger partial charge in [0.15, 0.2) is 0 Å². The lowest BCUT2D eigenvalue weighted by Crippen LogP contribution is -2.23. The number of carbonyl (C=O) groups excluding carboxylic acids is 1. The Morgan fingerprint density at radius 2 is 2.47 bits per heavy atom. The van der Waals surface area contributed by atoms with E-state index in [9.17, 15) is 9.90 Å². The molecule has 1 aromatic rings. The number of hydrogen-bond donors (Lipinski definition) is 2. The highest BCUT2D eigenvalue weighted by atomic mass is 16.5. The van der Waals surface area contributed by atoms with Gasteiger partial charge in [-0.25, -0.2) is 4.98 Å². The molecule has 0 radical (unpaired) electrons. The van der Waals surface area contributed by atoms with Crippen LogP contribution in [0, 0.1) is 0 Å². The summed E-state index contributed by atoms with van der Waals surface area (Å²) in [7, 11) is 3.16. The Hall–Kier alpha value is -1.66. The van der Waals surface area contributed by atoms with Crippen molar-refractivity contribution in [2.24, 2.45) is 0 Å². The number of methoxy groups -OCH3 is 1. The Labute approximate surface area is 112 Å². The zero-order valence-corrected chi connectivity index (χ0v) is 11.2. The maximum absolute atomic E-state index is 11.6. The quantitative estimate of drug-likeness (QED) is 0.802. The molecule has 0 bridgehead atoms. The fourth-order valence-corrected chi connectivity index (χ4v) is 2.24. The number of nitrogens with one attached hydrogen (secondary N) is 1. The summed E-state index contributed by atoms with van der Waals surface area (Å²) in [6.07, 6.45) is 2.09. The zero-order valence-electron chi connectivity index (χ0n) is 11.2. The van der Waals surface area contributed by atoms with Crippen molar-refractivity contribution in [3.05, 3.63) is 23.5 Å². The molecule has 0 spiro atoms. The number of amides is 1. The molecule has 1 unspecified atom stereocenters. The van der Waals surface area contributed by atoms with Crippen LogP contribution in [0.2, 0.25) is 0 Å². The average molecular weight is 265 g/mol. The highest BCUT2D eigenvalue weighted by Gasteiger charge is 2.21. The maximum atomic E-state index is 11.6. The second-order valence-electron chi connectivity index (χ2n) is 4.64. The Balaban J connectivity index is 2.18. The van der Waals surface area contributed by atoms with E-state index in [-0.39, 0.29) is 12.0 Å². The second-order valence-corrected chi connectivity index (χ2v) is 4.64. The molecule has 1 amide bonds. The van der Waals surface area contributed by atoms with Crippen LogP contribution in [0.25, 0.3) is 0 Å². The molecule has 1 saturated heterocycles. The summed E-state index contributed by atoms with van der Waals surface area (Å²) in [6.45, 7) is 2.15. The van der Waals surface area contributed by atoms with E-state index in [1.807, 2.05) is 0 Å². The standard InChI is InChI=1S/C13H19N3O3/c1-14-13(18)11-5-9(12(19-2)6-15-11)7-16-4-3-10(17)8-16/h5-6,10,17H,3-4,7-8H2,1-2H3,(H,14,18). The molecule has 19 heavy (non-hydrogen) atoms. The van der Waals surface area contributed by atoms with Gasteiger partial charge >= 0.3 is 0 Å². The van der Waals surface area contributed by atoms with Gasteiger partial charge in [-0.05, 0) is 12.5 Å². The highest BCUT2D eigenvalue weighted by Crippen LogP contribution is 2.22. The summed E-state index contributed by atoms with van der Waals surface area (Å²) in [4.78, 5) is 17.8. The van der Waals surface area contributed by atoms with Crippen LogP contribution in [-0.4, -0.2) is 54.2 Å². The molecule has 6 heteroatoms. The van der Waals surface area contributed by atoms with E-state index in [4.69, 9.17) is 4.74 Å². The first-order valence-electron chi connectivity index (χ1n) is 6.29. The first-order chi connectivity index (χ1) is 9.13. The van der Waals surface area contributed by atoms with Crippen molar-refractivity contribution >= 4 is 5.91 Å². The normalized spacial score (nSPS) is 19.4. The number of likely N-dealkylation sites (tertiary alicyclic amines) is 1. The van der Waals surface area contributed by atoms with E-state index < -0.39 is 0 Å². The molecule has 2 N–H and O–H groups in total.